The molecular weight excluding hydrogens is 402 g/mol. The van der Waals surface area contributed by atoms with Crippen molar-refractivity contribution >= 4 is 29.2 Å². The largest absolute Gasteiger partial charge is 0.496 e. The third kappa shape index (κ3) is 4.80. The van der Waals surface area contributed by atoms with Gasteiger partial charge in [-0.1, -0.05) is 41.9 Å². The van der Waals surface area contributed by atoms with Crippen molar-refractivity contribution in [2.75, 3.05) is 14.2 Å². The highest BCUT2D eigenvalue weighted by Gasteiger charge is 2.20. The molecule has 5 nitrogen and oxygen atoms in total. The van der Waals surface area contributed by atoms with Crippen LogP contribution in [0.15, 0.2) is 66.7 Å². The molecule has 0 heterocycles. The maximum atomic E-state index is 12.8. The first-order valence-electron chi connectivity index (χ1n) is 8.96. The highest BCUT2D eigenvalue weighted by molar-refractivity contribution is 6.30. The Morgan fingerprint density at radius 3 is 2.27 bits per heavy atom. The summed E-state index contributed by atoms with van der Waals surface area (Å²) in [5.41, 5.74) is 2.03. The third-order valence-corrected chi connectivity index (χ3v) is 4.50. The highest BCUT2D eigenvalue weighted by atomic mass is 35.5. The molecule has 0 spiro atoms. The van der Waals surface area contributed by atoms with Gasteiger partial charge in [-0.25, -0.2) is 4.79 Å². The van der Waals surface area contributed by atoms with E-state index in [4.69, 9.17) is 25.8 Å². The van der Waals surface area contributed by atoms with Crippen LogP contribution in [0.5, 0.6) is 17.2 Å². The van der Waals surface area contributed by atoms with E-state index in [1.165, 1.54) is 14.2 Å². The SMILES string of the molecule is COc1cccc(OC)c1C(=O)Oc1cccc(/C=C(/C#N)c2cccc(Cl)c2)c1. The molecule has 6 heteroatoms. The molecule has 0 aliphatic heterocycles. The van der Waals surface area contributed by atoms with Crippen molar-refractivity contribution in [2.45, 2.75) is 0 Å². The molecule has 3 aromatic rings. The maximum absolute atomic E-state index is 12.8. The summed E-state index contributed by atoms with van der Waals surface area (Å²) in [5.74, 6) is 0.414. The first-order valence-corrected chi connectivity index (χ1v) is 9.34. The number of allylic oxidation sites excluding steroid dienone is 1. The maximum Gasteiger partial charge on any atom is 0.351 e. The number of methoxy groups -OCH3 is 2. The van der Waals surface area contributed by atoms with Crippen molar-refractivity contribution in [1.29, 1.82) is 5.26 Å². The number of nitrogens with zero attached hydrogens (tertiary/aromatic N) is 1. The minimum Gasteiger partial charge on any atom is -0.496 e. The lowest BCUT2D eigenvalue weighted by atomic mass is 10.0. The number of hydrogen-bond acceptors (Lipinski definition) is 5. The summed E-state index contributed by atoms with van der Waals surface area (Å²) in [5, 5.41) is 10.1. The van der Waals surface area contributed by atoms with Gasteiger partial charge in [0.25, 0.3) is 0 Å². The quantitative estimate of drug-likeness (QED) is 0.224. The van der Waals surface area contributed by atoms with E-state index in [1.807, 2.05) is 6.07 Å². The fourth-order valence-electron chi connectivity index (χ4n) is 2.88. The van der Waals surface area contributed by atoms with E-state index in [9.17, 15) is 10.1 Å². The van der Waals surface area contributed by atoms with Gasteiger partial charge in [0.05, 0.1) is 25.9 Å². The minimum absolute atomic E-state index is 0.195. The van der Waals surface area contributed by atoms with E-state index in [0.29, 0.717) is 39.0 Å². The Hall–Kier alpha value is -3.75. The monoisotopic (exact) mass is 419 g/mol. The lowest BCUT2D eigenvalue weighted by molar-refractivity contribution is 0.0727. The number of carbonyl (C=O) groups is 1. The van der Waals surface area contributed by atoms with Crippen molar-refractivity contribution in [2.24, 2.45) is 0 Å². The van der Waals surface area contributed by atoms with Crippen LogP contribution in [0, 0.1) is 11.3 Å². The Bertz CT molecular complexity index is 1130. The zero-order valence-electron chi connectivity index (χ0n) is 16.4. The fourth-order valence-corrected chi connectivity index (χ4v) is 3.07. The average Bonchev–Trinajstić information content (AvgIpc) is 2.77. The Labute approximate surface area is 179 Å². The molecule has 0 saturated carbocycles. The van der Waals surface area contributed by atoms with E-state index >= 15 is 0 Å². The predicted octanol–water partition coefficient (Wildman–Crippen LogP) is 5.64. The number of carbonyl (C=O) groups excluding carboxylic acids is 1. The standard InChI is InChI=1S/C24H18ClNO4/c1-28-21-10-5-11-22(29-2)23(21)24(27)30-20-9-3-6-16(13-20)12-18(15-26)17-7-4-8-19(25)14-17/h3-14H,1-2H3/b18-12-. The Balaban J connectivity index is 1.90. The van der Waals surface area contributed by atoms with Gasteiger partial charge in [0.15, 0.2) is 0 Å². The molecule has 0 fully saturated rings. The number of hydrogen-bond donors (Lipinski definition) is 0. The van der Waals surface area contributed by atoms with Crippen LogP contribution in [0.4, 0.5) is 0 Å². The van der Waals surface area contributed by atoms with E-state index in [-0.39, 0.29) is 5.56 Å². The molecule has 0 N–H and O–H groups in total. The molecule has 0 amide bonds. The fraction of sp³-hybridized carbons (Fsp3) is 0.0833. The average molecular weight is 420 g/mol. The van der Waals surface area contributed by atoms with Crippen molar-refractivity contribution < 1.29 is 19.0 Å². The van der Waals surface area contributed by atoms with Crippen LogP contribution in [0.25, 0.3) is 11.6 Å². The van der Waals surface area contributed by atoms with Crippen LogP contribution in [-0.4, -0.2) is 20.2 Å². The van der Waals surface area contributed by atoms with E-state index in [1.54, 1.807) is 66.7 Å². The second-order valence-electron chi connectivity index (χ2n) is 6.18. The molecule has 0 aliphatic carbocycles. The predicted molar refractivity (Wildman–Crippen MR) is 116 cm³/mol. The molecule has 0 aliphatic rings. The zero-order valence-corrected chi connectivity index (χ0v) is 17.1. The van der Waals surface area contributed by atoms with Crippen LogP contribution in [0.1, 0.15) is 21.5 Å². The first kappa shape index (κ1) is 21.0. The molecule has 0 unspecified atom stereocenters. The smallest absolute Gasteiger partial charge is 0.351 e. The van der Waals surface area contributed by atoms with Gasteiger partial charge in [0.1, 0.15) is 22.8 Å². The molecule has 30 heavy (non-hydrogen) atoms. The van der Waals surface area contributed by atoms with Gasteiger partial charge in [-0.2, -0.15) is 5.26 Å². The molecule has 0 saturated heterocycles. The van der Waals surface area contributed by atoms with Crippen LogP contribution < -0.4 is 14.2 Å². The van der Waals surface area contributed by atoms with Crippen LogP contribution in [-0.2, 0) is 0 Å². The van der Waals surface area contributed by atoms with Gasteiger partial charge in [0.2, 0.25) is 0 Å². The summed E-state index contributed by atoms with van der Waals surface area (Å²) in [6.45, 7) is 0. The van der Waals surface area contributed by atoms with Gasteiger partial charge in [-0.15, -0.1) is 0 Å². The number of benzene rings is 3. The number of nitriles is 1. The van der Waals surface area contributed by atoms with E-state index < -0.39 is 5.97 Å². The number of rotatable bonds is 6. The lowest BCUT2D eigenvalue weighted by Gasteiger charge is -2.12. The van der Waals surface area contributed by atoms with Crippen LogP contribution in [0.3, 0.4) is 0 Å². The number of ether oxygens (including phenoxy) is 3. The number of halogens is 1. The molecule has 150 valence electrons. The van der Waals surface area contributed by atoms with E-state index in [2.05, 4.69) is 6.07 Å². The molecule has 0 bridgehead atoms. The number of esters is 1. The summed E-state index contributed by atoms with van der Waals surface area (Å²) in [4.78, 5) is 12.8. The van der Waals surface area contributed by atoms with E-state index in [0.717, 1.165) is 0 Å². The first-order chi connectivity index (χ1) is 14.5. The van der Waals surface area contributed by atoms with Crippen molar-refractivity contribution in [3.8, 4) is 23.3 Å². The molecule has 0 aromatic heterocycles. The second kappa shape index (κ2) is 9.64. The highest BCUT2D eigenvalue weighted by Crippen LogP contribution is 2.30. The summed E-state index contributed by atoms with van der Waals surface area (Å²) >= 11 is 6.02. The van der Waals surface area contributed by atoms with Gasteiger partial charge in [-0.05, 0) is 53.6 Å². The molecule has 3 rings (SSSR count). The summed E-state index contributed by atoms with van der Waals surface area (Å²) in [7, 11) is 2.94. The second-order valence-corrected chi connectivity index (χ2v) is 6.62. The van der Waals surface area contributed by atoms with Crippen molar-refractivity contribution in [3.63, 3.8) is 0 Å². The summed E-state index contributed by atoms with van der Waals surface area (Å²) in [6, 6.07) is 21.1. The summed E-state index contributed by atoms with van der Waals surface area (Å²) in [6.07, 6.45) is 1.70. The normalized spacial score (nSPS) is 10.8. The van der Waals surface area contributed by atoms with Crippen molar-refractivity contribution in [3.05, 3.63) is 88.4 Å². The van der Waals surface area contributed by atoms with Gasteiger partial charge in [-0.3, -0.25) is 0 Å². The third-order valence-electron chi connectivity index (χ3n) is 4.27. The van der Waals surface area contributed by atoms with Crippen LogP contribution in [0.2, 0.25) is 5.02 Å². The Kier molecular flexibility index (Phi) is 6.74. The summed E-state index contributed by atoms with van der Waals surface area (Å²) < 4.78 is 16.1. The van der Waals surface area contributed by atoms with Gasteiger partial charge in [0, 0.05) is 5.02 Å². The van der Waals surface area contributed by atoms with Gasteiger partial charge < -0.3 is 14.2 Å². The lowest BCUT2D eigenvalue weighted by Crippen LogP contribution is -2.12. The van der Waals surface area contributed by atoms with Gasteiger partial charge >= 0.3 is 5.97 Å². The minimum atomic E-state index is -0.610. The Morgan fingerprint density at radius 2 is 1.63 bits per heavy atom. The topological polar surface area (TPSA) is 68.6 Å². The molecule has 0 radical (unpaired) electrons. The molecular formula is C24H18ClNO4. The Morgan fingerprint density at radius 1 is 0.967 bits per heavy atom. The molecule has 0 atom stereocenters. The zero-order chi connectivity index (χ0) is 21.5. The van der Waals surface area contributed by atoms with Crippen LogP contribution >= 0.6 is 11.6 Å². The molecule has 3 aromatic carbocycles. The van der Waals surface area contributed by atoms with Crippen molar-refractivity contribution in [1.82, 2.24) is 0 Å².